The number of thiazole rings is 1. The van der Waals surface area contributed by atoms with Crippen LogP contribution in [-0.4, -0.2) is 33.9 Å². The van der Waals surface area contributed by atoms with Crippen molar-refractivity contribution < 1.29 is 14.7 Å². The van der Waals surface area contributed by atoms with Gasteiger partial charge in [-0.1, -0.05) is 0 Å². The second kappa shape index (κ2) is 7.02. The van der Waals surface area contributed by atoms with E-state index in [4.69, 9.17) is 5.11 Å². The first-order valence-electron chi connectivity index (χ1n) is 7.42. The first-order chi connectivity index (χ1) is 9.99. The van der Waals surface area contributed by atoms with Gasteiger partial charge in [0.25, 0.3) is 0 Å². The van der Waals surface area contributed by atoms with Gasteiger partial charge in [0.05, 0.1) is 21.6 Å². The van der Waals surface area contributed by atoms with Crippen molar-refractivity contribution in [3.8, 4) is 0 Å². The molecule has 1 aliphatic carbocycles. The summed E-state index contributed by atoms with van der Waals surface area (Å²) < 4.78 is 0. The van der Waals surface area contributed by atoms with Crippen molar-refractivity contribution in [1.82, 2.24) is 9.88 Å². The molecule has 6 heteroatoms. The summed E-state index contributed by atoms with van der Waals surface area (Å²) in [5, 5.41) is 9.67. The number of carbonyl (C=O) groups is 2. The van der Waals surface area contributed by atoms with E-state index in [1.807, 2.05) is 18.9 Å². The number of rotatable bonds is 6. The fourth-order valence-corrected chi connectivity index (χ4v) is 3.94. The smallest absolute Gasteiger partial charge is 0.303 e. The van der Waals surface area contributed by atoms with Gasteiger partial charge in [0.15, 0.2) is 0 Å². The van der Waals surface area contributed by atoms with Gasteiger partial charge in [0, 0.05) is 19.9 Å². The summed E-state index contributed by atoms with van der Waals surface area (Å²) in [6.45, 7) is 2.01. The van der Waals surface area contributed by atoms with E-state index in [2.05, 4.69) is 4.98 Å². The van der Waals surface area contributed by atoms with E-state index in [0.717, 1.165) is 30.0 Å². The molecule has 1 aromatic heterocycles. The van der Waals surface area contributed by atoms with Crippen LogP contribution in [0.1, 0.15) is 60.1 Å². The largest absolute Gasteiger partial charge is 0.481 e. The fourth-order valence-electron chi connectivity index (χ4n) is 2.79. The highest BCUT2D eigenvalue weighted by molar-refractivity contribution is 7.11. The minimum atomic E-state index is -0.798. The number of aryl methyl sites for hydroxylation is 2. The Hall–Kier alpha value is -1.43. The van der Waals surface area contributed by atoms with Crippen LogP contribution in [-0.2, 0) is 16.0 Å². The lowest BCUT2D eigenvalue weighted by Gasteiger charge is -2.30. The maximum absolute atomic E-state index is 12.3. The topological polar surface area (TPSA) is 70.5 Å². The average Bonchev–Trinajstić information content (AvgIpc) is 2.82. The van der Waals surface area contributed by atoms with Crippen LogP contribution in [0.25, 0.3) is 0 Å². The van der Waals surface area contributed by atoms with Gasteiger partial charge in [-0.05, 0) is 39.0 Å². The van der Waals surface area contributed by atoms with Gasteiger partial charge in [0.2, 0.25) is 5.91 Å². The number of fused-ring (bicyclic) bond motifs is 1. The average molecular weight is 310 g/mol. The van der Waals surface area contributed by atoms with Crippen molar-refractivity contribution in [2.75, 3.05) is 7.05 Å². The second-order valence-electron chi connectivity index (χ2n) is 5.56. The van der Waals surface area contributed by atoms with E-state index < -0.39 is 5.97 Å². The minimum Gasteiger partial charge on any atom is -0.481 e. The van der Waals surface area contributed by atoms with Crippen LogP contribution < -0.4 is 0 Å². The molecule has 1 amide bonds. The standard InChI is InChI=1S/C15H22N2O3S/c1-10-16-11-6-5-7-12(15(11)21-10)17(2)13(18)8-3-4-9-14(19)20/h12H,3-9H2,1-2H3,(H,19,20). The zero-order chi connectivity index (χ0) is 15.4. The molecular weight excluding hydrogens is 288 g/mol. The lowest BCUT2D eigenvalue weighted by Crippen LogP contribution is -2.32. The zero-order valence-electron chi connectivity index (χ0n) is 12.6. The number of carbonyl (C=O) groups excluding carboxylic acids is 1. The van der Waals surface area contributed by atoms with Crippen molar-refractivity contribution >= 4 is 23.2 Å². The van der Waals surface area contributed by atoms with Crippen LogP contribution in [0.15, 0.2) is 0 Å². The molecule has 0 bridgehead atoms. The molecule has 2 rings (SSSR count). The van der Waals surface area contributed by atoms with E-state index in [0.29, 0.717) is 19.3 Å². The predicted octanol–water partition coefficient (Wildman–Crippen LogP) is 2.93. The molecule has 0 radical (unpaired) electrons. The summed E-state index contributed by atoms with van der Waals surface area (Å²) in [6.07, 6.45) is 4.83. The molecule has 116 valence electrons. The SMILES string of the molecule is Cc1nc2c(s1)C(N(C)C(=O)CCCCC(=O)O)CCC2. The molecule has 0 aromatic carbocycles. The molecule has 1 heterocycles. The maximum atomic E-state index is 12.3. The highest BCUT2D eigenvalue weighted by Crippen LogP contribution is 2.37. The number of hydrogen-bond acceptors (Lipinski definition) is 4. The van der Waals surface area contributed by atoms with Gasteiger partial charge >= 0.3 is 5.97 Å². The quantitative estimate of drug-likeness (QED) is 0.820. The van der Waals surface area contributed by atoms with E-state index in [1.165, 1.54) is 4.88 Å². The Bertz CT molecular complexity index is 527. The van der Waals surface area contributed by atoms with Crippen LogP contribution in [0.5, 0.6) is 0 Å². The van der Waals surface area contributed by atoms with Gasteiger partial charge in [-0.3, -0.25) is 9.59 Å². The number of amides is 1. The molecule has 1 aromatic rings. The first-order valence-corrected chi connectivity index (χ1v) is 8.24. The molecule has 0 saturated heterocycles. The van der Waals surface area contributed by atoms with Gasteiger partial charge in [-0.2, -0.15) is 0 Å². The molecule has 5 nitrogen and oxygen atoms in total. The summed E-state index contributed by atoms with van der Waals surface area (Å²) in [4.78, 5) is 30.3. The summed E-state index contributed by atoms with van der Waals surface area (Å²) >= 11 is 1.69. The number of unbranched alkanes of at least 4 members (excludes halogenated alkanes) is 1. The zero-order valence-corrected chi connectivity index (χ0v) is 13.4. The molecule has 0 spiro atoms. The second-order valence-corrected chi connectivity index (χ2v) is 6.79. The summed E-state index contributed by atoms with van der Waals surface area (Å²) in [5.74, 6) is -0.697. The van der Waals surface area contributed by atoms with Crippen molar-refractivity contribution in [1.29, 1.82) is 0 Å². The van der Waals surface area contributed by atoms with E-state index in [9.17, 15) is 9.59 Å². The first kappa shape index (κ1) is 15.9. The Morgan fingerprint density at radius 2 is 2.10 bits per heavy atom. The maximum Gasteiger partial charge on any atom is 0.303 e. The third-order valence-corrected chi connectivity index (χ3v) is 5.03. The van der Waals surface area contributed by atoms with Gasteiger partial charge < -0.3 is 10.0 Å². The van der Waals surface area contributed by atoms with Crippen LogP contribution in [0.4, 0.5) is 0 Å². The van der Waals surface area contributed by atoms with E-state index in [-0.39, 0.29) is 18.4 Å². The number of aliphatic carboxylic acids is 1. The van der Waals surface area contributed by atoms with E-state index >= 15 is 0 Å². The number of hydrogen-bond donors (Lipinski definition) is 1. The molecule has 0 aliphatic heterocycles. The number of carboxylic acid groups (broad SMARTS) is 1. The Kier molecular flexibility index (Phi) is 5.33. The monoisotopic (exact) mass is 310 g/mol. The van der Waals surface area contributed by atoms with Crippen molar-refractivity contribution in [3.05, 3.63) is 15.6 Å². The van der Waals surface area contributed by atoms with Crippen LogP contribution >= 0.6 is 11.3 Å². The van der Waals surface area contributed by atoms with Gasteiger partial charge in [-0.25, -0.2) is 4.98 Å². The van der Waals surface area contributed by atoms with Crippen LogP contribution in [0, 0.1) is 6.92 Å². The molecular formula is C15H22N2O3S. The summed E-state index contributed by atoms with van der Waals surface area (Å²) in [5.41, 5.74) is 1.15. The Morgan fingerprint density at radius 1 is 1.38 bits per heavy atom. The Morgan fingerprint density at radius 3 is 2.81 bits per heavy atom. The molecule has 21 heavy (non-hydrogen) atoms. The third-order valence-electron chi connectivity index (χ3n) is 3.92. The van der Waals surface area contributed by atoms with Crippen LogP contribution in [0.2, 0.25) is 0 Å². The van der Waals surface area contributed by atoms with Crippen molar-refractivity contribution in [2.24, 2.45) is 0 Å². The van der Waals surface area contributed by atoms with E-state index in [1.54, 1.807) is 11.3 Å². The van der Waals surface area contributed by atoms with Crippen LogP contribution in [0.3, 0.4) is 0 Å². The minimum absolute atomic E-state index is 0.101. The summed E-state index contributed by atoms with van der Waals surface area (Å²) in [6, 6.07) is 0.145. The lowest BCUT2D eigenvalue weighted by molar-refractivity contribution is -0.137. The Balaban J connectivity index is 1.92. The van der Waals surface area contributed by atoms with Gasteiger partial charge in [-0.15, -0.1) is 11.3 Å². The molecule has 1 atom stereocenters. The predicted molar refractivity (Wildman–Crippen MR) is 81.4 cm³/mol. The summed E-state index contributed by atoms with van der Waals surface area (Å²) in [7, 11) is 1.86. The Labute approximate surface area is 129 Å². The fraction of sp³-hybridized carbons (Fsp3) is 0.667. The third kappa shape index (κ3) is 4.03. The molecule has 1 N–H and O–H groups in total. The lowest BCUT2D eigenvalue weighted by atomic mass is 9.96. The highest BCUT2D eigenvalue weighted by atomic mass is 32.1. The van der Waals surface area contributed by atoms with Crippen molar-refractivity contribution in [2.45, 2.75) is 57.9 Å². The van der Waals surface area contributed by atoms with Gasteiger partial charge in [0.1, 0.15) is 0 Å². The highest BCUT2D eigenvalue weighted by Gasteiger charge is 2.29. The molecule has 0 saturated carbocycles. The number of nitrogens with zero attached hydrogens (tertiary/aromatic N) is 2. The molecule has 0 fully saturated rings. The normalized spacial score (nSPS) is 17.3. The molecule has 1 aliphatic rings. The number of aromatic nitrogens is 1. The number of carboxylic acids is 1. The molecule has 1 unspecified atom stereocenters. The van der Waals surface area contributed by atoms with Crippen molar-refractivity contribution in [3.63, 3.8) is 0 Å².